The first-order valence-electron chi connectivity index (χ1n) is 10.8. The van der Waals surface area contributed by atoms with E-state index in [2.05, 4.69) is 10.6 Å². The molecule has 0 spiro atoms. The molecule has 0 heterocycles. The fourth-order valence-corrected chi connectivity index (χ4v) is 3.57. The summed E-state index contributed by atoms with van der Waals surface area (Å²) in [6.45, 7) is 14.4. The molecule has 0 radical (unpaired) electrons. The number of carboxylic acids is 1. The summed E-state index contributed by atoms with van der Waals surface area (Å²) in [5.41, 5.74) is -1.66. The van der Waals surface area contributed by atoms with Crippen LogP contribution in [0.4, 0.5) is 0 Å². The van der Waals surface area contributed by atoms with Gasteiger partial charge in [0, 0.05) is 12.6 Å². The van der Waals surface area contributed by atoms with Crippen LogP contribution in [-0.2, 0) is 14.4 Å². The van der Waals surface area contributed by atoms with Gasteiger partial charge in [0.05, 0.1) is 12.6 Å². The molecule has 0 rings (SSSR count). The Morgan fingerprint density at radius 1 is 1.10 bits per heavy atom. The van der Waals surface area contributed by atoms with Gasteiger partial charge in [0.15, 0.2) is 0 Å². The standard InChI is InChI=1S/C23H43N3O5/c1-14(2)12-23(13-27,24-9)21(31)25-18(22(6,7)8)19(28)26(10)17(15(3)4)11-16(5)20(29)30/h11,14-15,17-18,24,27H,12-13H2,1-10H3,(H,25,31)(H,29,30)/t17-,18-,23?/m1/s1. The molecule has 2 amide bonds. The molecule has 0 saturated carbocycles. The van der Waals surface area contributed by atoms with Crippen LogP contribution in [0.15, 0.2) is 11.6 Å². The first-order chi connectivity index (χ1) is 14.0. The molecular formula is C23H43N3O5. The van der Waals surface area contributed by atoms with Gasteiger partial charge in [-0.1, -0.05) is 54.5 Å². The number of nitrogens with one attached hydrogen (secondary N) is 2. The van der Waals surface area contributed by atoms with Crippen molar-refractivity contribution in [2.75, 3.05) is 20.7 Å². The molecule has 4 N–H and O–H groups in total. The van der Waals surface area contributed by atoms with Crippen LogP contribution in [-0.4, -0.2) is 71.2 Å². The largest absolute Gasteiger partial charge is 0.478 e. The van der Waals surface area contributed by atoms with E-state index in [1.165, 1.54) is 11.8 Å². The SMILES string of the molecule is CNC(CO)(CC(C)C)C(=O)N[C@H](C(=O)N(C)[C@H](C=C(C)C(=O)O)C(C)C)C(C)(C)C. The average molecular weight is 442 g/mol. The average Bonchev–Trinajstić information content (AvgIpc) is 2.65. The van der Waals surface area contributed by atoms with E-state index in [-0.39, 0.29) is 23.3 Å². The first kappa shape index (κ1) is 29.1. The number of amides is 2. The number of carbonyl (C=O) groups excluding carboxylic acids is 2. The minimum atomic E-state index is -1.20. The van der Waals surface area contributed by atoms with Gasteiger partial charge in [0.1, 0.15) is 11.6 Å². The minimum absolute atomic E-state index is 0.0330. The van der Waals surface area contributed by atoms with E-state index in [1.807, 2.05) is 48.5 Å². The van der Waals surface area contributed by atoms with E-state index in [0.29, 0.717) is 6.42 Å². The van der Waals surface area contributed by atoms with Crippen LogP contribution in [0.2, 0.25) is 0 Å². The summed E-state index contributed by atoms with van der Waals surface area (Å²) in [6.07, 6.45) is 1.97. The van der Waals surface area contributed by atoms with E-state index >= 15 is 0 Å². The van der Waals surface area contributed by atoms with Crippen molar-refractivity contribution in [3.05, 3.63) is 11.6 Å². The Hall–Kier alpha value is -1.93. The van der Waals surface area contributed by atoms with E-state index in [9.17, 15) is 24.6 Å². The van der Waals surface area contributed by atoms with Gasteiger partial charge in [0.2, 0.25) is 11.8 Å². The van der Waals surface area contributed by atoms with Gasteiger partial charge >= 0.3 is 5.97 Å². The summed E-state index contributed by atoms with van der Waals surface area (Å²) in [5.74, 6) is -1.68. The lowest BCUT2D eigenvalue weighted by molar-refractivity contribution is -0.142. The summed E-state index contributed by atoms with van der Waals surface area (Å²) in [5, 5.41) is 25.0. The molecule has 0 fully saturated rings. The number of carbonyl (C=O) groups is 3. The summed E-state index contributed by atoms with van der Waals surface area (Å²) in [6, 6.07) is -1.32. The van der Waals surface area contributed by atoms with Crippen LogP contribution >= 0.6 is 0 Å². The van der Waals surface area contributed by atoms with Crippen molar-refractivity contribution in [3.63, 3.8) is 0 Å². The Balaban J connectivity index is 6.04. The molecule has 8 heteroatoms. The van der Waals surface area contributed by atoms with Crippen molar-refractivity contribution in [2.45, 2.75) is 79.4 Å². The number of aliphatic carboxylic acids is 1. The highest BCUT2D eigenvalue weighted by atomic mass is 16.4. The molecule has 0 aromatic rings. The van der Waals surface area contributed by atoms with E-state index in [4.69, 9.17) is 0 Å². The van der Waals surface area contributed by atoms with Crippen molar-refractivity contribution in [2.24, 2.45) is 17.3 Å². The van der Waals surface area contributed by atoms with Crippen molar-refractivity contribution in [1.82, 2.24) is 15.5 Å². The molecule has 0 aliphatic carbocycles. The third-order valence-electron chi connectivity index (χ3n) is 5.56. The van der Waals surface area contributed by atoms with Gasteiger partial charge < -0.3 is 25.7 Å². The summed E-state index contributed by atoms with van der Waals surface area (Å²) in [7, 11) is 3.24. The topological polar surface area (TPSA) is 119 Å². The minimum Gasteiger partial charge on any atom is -0.478 e. The summed E-state index contributed by atoms with van der Waals surface area (Å²) < 4.78 is 0. The van der Waals surface area contributed by atoms with Gasteiger partial charge in [-0.3, -0.25) is 9.59 Å². The first-order valence-corrected chi connectivity index (χ1v) is 10.8. The zero-order chi connectivity index (χ0) is 24.7. The number of nitrogens with zero attached hydrogens (tertiary/aromatic N) is 1. The molecule has 3 atom stereocenters. The Labute approximate surface area is 187 Å². The van der Waals surface area contributed by atoms with Crippen molar-refractivity contribution in [3.8, 4) is 0 Å². The molecule has 0 aromatic heterocycles. The van der Waals surface area contributed by atoms with Crippen LogP contribution in [0.25, 0.3) is 0 Å². The Morgan fingerprint density at radius 3 is 1.94 bits per heavy atom. The lowest BCUT2D eigenvalue weighted by atomic mass is 9.83. The van der Waals surface area contributed by atoms with Gasteiger partial charge in [-0.2, -0.15) is 0 Å². The monoisotopic (exact) mass is 441 g/mol. The highest BCUT2D eigenvalue weighted by molar-refractivity contribution is 5.93. The van der Waals surface area contributed by atoms with Crippen LogP contribution < -0.4 is 10.6 Å². The van der Waals surface area contributed by atoms with Gasteiger partial charge in [-0.05, 0) is 37.6 Å². The van der Waals surface area contributed by atoms with E-state index in [0.717, 1.165) is 0 Å². The number of aliphatic hydroxyl groups excluding tert-OH is 1. The molecule has 180 valence electrons. The molecule has 0 bridgehead atoms. The second-order valence-electron chi connectivity index (χ2n) is 10.2. The van der Waals surface area contributed by atoms with Crippen molar-refractivity contribution in [1.29, 1.82) is 0 Å². The van der Waals surface area contributed by atoms with Gasteiger partial charge in [0.25, 0.3) is 0 Å². The highest BCUT2D eigenvalue weighted by Crippen LogP contribution is 2.25. The molecule has 31 heavy (non-hydrogen) atoms. The Bertz CT molecular complexity index is 661. The van der Waals surface area contributed by atoms with Crippen LogP contribution in [0.5, 0.6) is 0 Å². The highest BCUT2D eigenvalue weighted by Gasteiger charge is 2.43. The summed E-state index contributed by atoms with van der Waals surface area (Å²) >= 11 is 0. The Morgan fingerprint density at radius 2 is 1.61 bits per heavy atom. The maximum absolute atomic E-state index is 13.5. The lowest BCUT2D eigenvalue weighted by Crippen LogP contribution is -2.64. The quantitative estimate of drug-likeness (QED) is 0.364. The van der Waals surface area contributed by atoms with Gasteiger partial charge in [-0.25, -0.2) is 4.79 Å². The Kier molecular flexibility index (Phi) is 10.9. The predicted molar refractivity (Wildman–Crippen MR) is 123 cm³/mol. The number of likely N-dealkylation sites (N-methyl/N-ethyl adjacent to an activating group) is 2. The van der Waals surface area contributed by atoms with Crippen LogP contribution in [0.3, 0.4) is 0 Å². The van der Waals surface area contributed by atoms with Gasteiger partial charge in [-0.15, -0.1) is 0 Å². The second-order valence-corrected chi connectivity index (χ2v) is 10.2. The molecule has 0 aliphatic heterocycles. The second kappa shape index (κ2) is 11.6. The molecule has 0 saturated heterocycles. The molecule has 0 aromatic carbocycles. The van der Waals surface area contributed by atoms with Crippen LogP contribution in [0.1, 0.15) is 61.8 Å². The maximum atomic E-state index is 13.5. The fraction of sp³-hybridized carbons (Fsp3) is 0.783. The number of hydrogen-bond donors (Lipinski definition) is 4. The fourth-order valence-electron chi connectivity index (χ4n) is 3.57. The third-order valence-corrected chi connectivity index (χ3v) is 5.56. The third kappa shape index (κ3) is 7.92. The van der Waals surface area contributed by atoms with Crippen molar-refractivity contribution >= 4 is 17.8 Å². The molecule has 8 nitrogen and oxygen atoms in total. The van der Waals surface area contributed by atoms with Crippen molar-refractivity contribution < 1.29 is 24.6 Å². The molecule has 0 aliphatic rings. The summed E-state index contributed by atoms with van der Waals surface area (Å²) in [4.78, 5) is 39.5. The normalized spacial score (nSPS) is 16.6. The van der Waals surface area contributed by atoms with Crippen LogP contribution in [0, 0.1) is 17.3 Å². The lowest BCUT2D eigenvalue weighted by Gasteiger charge is -2.40. The molecular weight excluding hydrogens is 398 g/mol. The van der Waals surface area contributed by atoms with E-state index < -0.39 is 41.5 Å². The maximum Gasteiger partial charge on any atom is 0.331 e. The van der Waals surface area contributed by atoms with E-state index in [1.54, 1.807) is 20.2 Å². The zero-order valence-corrected chi connectivity index (χ0v) is 20.9. The number of carboxylic acid groups (broad SMARTS) is 1. The number of rotatable bonds is 11. The number of hydrogen-bond acceptors (Lipinski definition) is 5. The predicted octanol–water partition coefficient (Wildman–Crippen LogP) is 2.03. The zero-order valence-electron chi connectivity index (χ0n) is 20.9. The smallest absolute Gasteiger partial charge is 0.331 e. The number of aliphatic hydroxyl groups is 1. The molecule has 1 unspecified atom stereocenters.